The van der Waals surface area contributed by atoms with Gasteiger partial charge in [-0.05, 0) is 50.3 Å². The normalized spacial score (nSPS) is 22.8. The van der Waals surface area contributed by atoms with Crippen LogP contribution in [0.25, 0.3) is 0 Å². The zero-order chi connectivity index (χ0) is 22.5. The summed E-state index contributed by atoms with van der Waals surface area (Å²) in [5.74, 6) is 2.34. The molecule has 0 aliphatic carbocycles. The summed E-state index contributed by atoms with van der Waals surface area (Å²) in [6, 6.07) is 3.28. The highest BCUT2D eigenvalue weighted by Crippen LogP contribution is 2.36. The van der Waals surface area contributed by atoms with Gasteiger partial charge in [-0.2, -0.15) is 0 Å². The predicted molar refractivity (Wildman–Crippen MR) is 122 cm³/mol. The summed E-state index contributed by atoms with van der Waals surface area (Å²) in [5.41, 5.74) is 0.511. The molecule has 2 heterocycles. The maximum atomic E-state index is 13.0. The number of benzene rings is 1. The second-order valence-electron chi connectivity index (χ2n) is 8.97. The highest BCUT2D eigenvalue weighted by molar-refractivity contribution is 6.32. The van der Waals surface area contributed by atoms with Gasteiger partial charge in [0.2, 0.25) is 11.8 Å². The highest BCUT2D eigenvalue weighted by atomic mass is 35.5. The average Bonchev–Trinajstić information content (AvgIpc) is 2.73. The van der Waals surface area contributed by atoms with Gasteiger partial charge in [0.25, 0.3) is 0 Å². The quantitative estimate of drug-likeness (QED) is 0.716. The van der Waals surface area contributed by atoms with Crippen LogP contribution < -0.4 is 14.8 Å². The van der Waals surface area contributed by atoms with Crippen molar-refractivity contribution in [2.24, 2.45) is 17.8 Å². The fourth-order valence-corrected chi connectivity index (χ4v) is 5.03. The Morgan fingerprint density at radius 2 is 1.68 bits per heavy atom. The van der Waals surface area contributed by atoms with E-state index in [0.717, 1.165) is 39.0 Å². The van der Waals surface area contributed by atoms with Crippen LogP contribution in [0.15, 0.2) is 12.1 Å². The van der Waals surface area contributed by atoms with Crippen LogP contribution in [0.4, 0.5) is 5.69 Å². The van der Waals surface area contributed by atoms with E-state index < -0.39 is 0 Å². The molecule has 1 aromatic rings. The van der Waals surface area contributed by atoms with Crippen LogP contribution in [0.5, 0.6) is 11.5 Å². The summed E-state index contributed by atoms with van der Waals surface area (Å²) in [5, 5.41) is 3.28. The minimum absolute atomic E-state index is 0.0669. The molecule has 8 heteroatoms. The molecule has 3 rings (SSSR count). The van der Waals surface area contributed by atoms with Crippen LogP contribution >= 0.6 is 11.6 Å². The van der Waals surface area contributed by atoms with Crippen LogP contribution in [0.2, 0.25) is 5.02 Å². The number of carbonyl (C=O) groups is 2. The number of ether oxygens (including phenoxy) is 2. The first-order chi connectivity index (χ1) is 14.8. The number of hydrogen-bond acceptors (Lipinski definition) is 5. The third-order valence-electron chi connectivity index (χ3n) is 6.23. The van der Waals surface area contributed by atoms with Crippen molar-refractivity contribution in [1.29, 1.82) is 0 Å². The summed E-state index contributed by atoms with van der Waals surface area (Å²) in [7, 11) is 3.06. The molecule has 0 saturated carbocycles. The zero-order valence-electron chi connectivity index (χ0n) is 18.9. The first-order valence-corrected chi connectivity index (χ1v) is 11.4. The van der Waals surface area contributed by atoms with Gasteiger partial charge < -0.3 is 19.7 Å². The summed E-state index contributed by atoms with van der Waals surface area (Å²) in [6.45, 7) is 7.94. The maximum Gasteiger partial charge on any atom is 0.238 e. The van der Waals surface area contributed by atoms with Crippen molar-refractivity contribution < 1.29 is 19.1 Å². The lowest BCUT2D eigenvalue weighted by atomic mass is 9.89. The number of hydrogen-bond donors (Lipinski definition) is 1. The summed E-state index contributed by atoms with van der Waals surface area (Å²) in [4.78, 5) is 29.7. The first-order valence-electron chi connectivity index (χ1n) is 11.0. The van der Waals surface area contributed by atoms with Crippen molar-refractivity contribution in [1.82, 2.24) is 9.80 Å². The van der Waals surface area contributed by atoms with Gasteiger partial charge in [-0.3, -0.25) is 14.5 Å². The number of methoxy groups -OCH3 is 2. The van der Waals surface area contributed by atoms with Gasteiger partial charge in [-0.15, -0.1) is 0 Å². The number of carbonyl (C=O) groups excluding carboxylic acids is 2. The topological polar surface area (TPSA) is 71.1 Å². The van der Waals surface area contributed by atoms with Crippen molar-refractivity contribution in [2.75, 3.05) is 52.3 Å². The van der Waals surface area contributed by atoms with E-state index in [0.29, 0.717) is 40.0 Å². The third-order valence-corrected chi connectivity index (χ3v) is 6.53. The number of nitrogens with zero attached hydrogens (tertiary/aromatic N) is 2. The smallest absolute Gasteiger partial charge is 0.238 e. The standard InChI is InChI=1S/C23H34ClN3O4/c1-15-9-16(2)13-27(12-15)23(29)17-5-7-26(8-6-17)14-22(28)25-19-10-18(24)20(30-3)11-21(19)31-4/h10-11,15-17H,5-9,12-14H2,1-4H3,(H,25,28)/t15-,16-/m1/s1. The zero-order valence-corrected chi connectivity index (χ0v) is 19.7. The number of halogens is 1. The first kappa shape index (κ1) is 23.7. The molecule has 2 amide bonds. The van der Waals surface area contributed by atoms with Gasteiger partial charge >= 0.3 is 0 Å². The number of rotatable bonds is 6. The molecule has 2 aliphatic rings. The van der Waals surface area contributed by atoms with Crippen LogP contribution in [-0.4, -0.2) is 68.6 Å². The van der Waals surface area contributed by atoms with E-state index in [2.05, 4.69) is 29.0 Å². The molecule has 2 atom stereocenters. The Bertz CT molecular complexity index is 785. The Morgan fingerprint density at radius 3 is 2.26 bits per heavy atom. The number of nitrogens with one attached hydrogen (secondary N) is 1. The Hall–Kier alpha value is -1.99. The molecule has 0 spiro atoms. The number of piperidine rings is 2. The van der Waals surface area contributed by atoms with Crippen molar-refractivity contribution >= 4 is 29.1 Å². The fraction of sp³-hybridized carbons (Fsp3) is 0.652. The SMILES string of the molecule is COc1cc(OC)c(NC(=O)CN2CCC(C(=O)N3C[C@H](C)C[C@@H](C)C3)CC2)cc1Cl. The Labute approximate surface area is 190 Å². The molecule has 0 aromatic heterocycles. The van der Waals surface area contributed by atoms with Crippen LogP contribution in [-0.2, 0) is 9.59 Å². The van der Waals surface area contributed by atoms with E-state index in [1.807, 2.05) is 0 Å². The molecular weight excluding hydrogens is 418 g/mol. The molecule has 172 valence electrons. The molecule has 2 saturated heterocycles. The Kier molecular flexibility index (Phi) is 8.06. The molecule has 7 nitrogen and oxygen atoms in total. The van der Waals surface area contributed by atoms with Gasteiger partial charge in [0.05, 0.1) is 31.5 Å². The summed E-state index contributed by atoms with van der Waals surface area (Å²) in [6.07, 6.45) is 2.79. The number of anilines is 1. The summed E-state index contributed by atoms with van der Waals surface area (Å²) >= 11 is 6.18. The second-order valence-corrected chi connectivity index (χ2v) is 9.38. The predicted octanol–water partition coefficient (Wildman–Crippen LogP) is 3.51. The van der Waals surface area contributed by atoms with Crippen molar-refractivity contribution in [3.63, 3.8) is 0 Å². The van der Waals surface area contributed by atoms with Gasteiger partial charge in [0.1, 0.15) is 11.5 Å². The molecule has 31 heavy (non-hydrogen) atoms. The van der Waals surface area contributed by atoms with E-state index in [1.165, 1.54) is 20.6 Å². The van der Waals surface area contributed by atoms with E-state index >= 15 is 0 Å². The molecule has 2 aliphatic heterocycles. The highest BCUT2D eigenvalue weighted by Gasteiger charge is 2.32. The Balaban J connectivity index is 1.50. The molecular formula is C23H34ClN3O4. The minimum Gasteiger partial charge on any atom is -0.495 e. The average molecular weight is 452 g/mol. The van der Waals surface area contributed by atoms with Crippen LogP contribution in [0, 0.1) is 17.8 Å². The van der Waals surface area contributed by atoms with Gasteiger partial charge in [-0.1, -0.05) is 25.4 Å². The molecule has 2 fully saturated rings. The summed E-state index contributed by atoms with van der Waals surface area (Å²) < 4.78 is 10.5. The fourth-order valence-electron chi connectivity index (χ4n) is 4.79. The largest absolute Gasteiger partial charge is 0.495 e. The number of amides is 2. The minimum atomic E-state index is -0.136. The van der Waals surface area contributed by atoms with Gasteiger partial charge in [-0.25, -0.2) is 0 Å². The lowest BCUT2D eigenvalue weighted by Crippen LogP contribution is -2.48. The van der Waals surface area contributed by atoms with Crippen molar-refractivity contribution in [3.05, 3.63) is 17.2 Å². The van der Waals surface area contributed by atoms with Crippen LogP contribution in [0.1, 0.15) is 33.1 Å². The molecule has 1 aromatic carbocycles. The second kappa shape index (κ2) is 10.6. The van der Waals surface area contributed by atoms with E-state index in [4.69, 9.17) is 21.1 Å². The van der Waals surface area contributed by atoms with Crippen LogP contribution in [0.3, 0.4) is 0 Å². The lowest BCUT2D eigenvalue weighted by Gasteiger charge is -2.39. The van der Waals surface area contributed by atoms with Crippen molar-refractivity contribution in [2.45, 2.75) is 33.1 Å². The van der Waals surface area contributed by atoms with Gasteiger partial charge in [0, 0.05) is 25.1 Å². The van der Waals surface area contributed by atoms with Gasteiger partial charge in [0.15, 0.2) is 0 Å². The maximum absolute atomic E-state index is 13.0. The lowest BCUT2D eigenvalue weighted by molar-refractivity contribution is -0.139. The monoisotopic (exact) mass is 451 g/mol. The van der Waals surface area contributed by atoms with Crippen molar-refractivity contribution in [3.8, 4) is 11.5 Å². The molecule has 1 N–H and O–H groups in total. The van der Waals surface area contributed by atoms with E-state index in [-0.39, 0.29) is 18.4 Å². The third kappa shape index (κ3) is 6.04. The molecule has 0 radical (unpaired) electrons. The van der Waals surface area contributed by atoms with E-state index in [1.54, 1.807) is 12.1 Å². The number of likely N-dealkylation sites (tertiary alicyclic amines) is 2. The van der Waals surface area contributed by atoms with E-state index in [9.17, 15) is 9.59 Å². The molecule has 0 unspecified atom stereocenters. The molecule has 0 bridgehead atoms. The Morgan fingerprint density at radius 1 is 1.06 bits per heavy atom.